The second-order valence-electron chi connectivity index (χ2n) is 5.46. The summed E-state index contributed by atoms with van der Waals surface area (Å²) in [6.07, 6.45) is 4.76. The zero-order valence-corrected chi connectivity index (χ0v) is 9.45. The Kier molecular flexibility index (Phi) is 1.67. The monoisotopic (exact) mass is 200 g/mol. The third kappa shape index (κ3) is 1.26. The minimum Gasteiger partial charge on any atom is -0.357 e. The fraction of sp³-hybridized carbons (Fsp3) is 0.429. The Labute approximate surface area is 90.8 Å². The lowest BCUT2D eigenvalue weighted by molar-refractivity contribution is 0.0878. The Morgan fingerprint density at radius 1 is 1.00 bits per heavy atom. The van der Waals surface area contributed by atoms with Gasteiger partial charge in [-0.3, -0.25) is 0 Å². The van der Waals surface area contributed by atoms with Gasteiger partial charge in [0.05, 0.1) is 0 Å². The molecule has 1 heteroatoms. The van der Waals surface area contributed by atoms with Crippen molar-refractivity contribution in [3.05, 3.63) is 47.0 Å². The van der Waals surface area contributed by atoms with Crippen LogP contribution in [0.4, 0.5) is 0 Å². The zero-order valence-electron chi connectivity index (χ0n) is 9.45. The molecule has 1 nitrogen and oxygen atoms in total. The molecule has 0 fully saturated rings. The molecule has 1 aromatic rings. The van der Waals surface area contributed by atoms with Gasteiger partial charge in [-0.15, -0.1) is 0 Å². The molecule has 0 N–H and O–H groups in total. The van der Waals surface area contributed by atoms with Gasteiger partial charge >= 0.3 is 0 Å². The number of ether oxygens (including phenoxy) is 1. The van der Waals surface area contributed by atoms with Crippen molar-refractivity contribution in [2.75, 3.05) is 0 Å². The van der Waals surface area contributed by atoms with Crippen LogP contribution in [0.15, 0.2) is 30.4 Å². The van der Waals surface area contributed by atoms with Gasteiger partial charge in [0.1, 0.15) is 12.2 Å². The second kappa shape index (κ2) is 2.73. The maximum atomic E-state index is 5.80. The Morgan fingerprint density at radius 2 is 1.67 bits per heavy atom. The van der Waals surface area contributed by atoms with Crippen LogP contribution in [0.25, 0.3) is 0 Å². The van der Waals surface area contributed by atoms with E-state index in [-0.39, 0.29) is 17.6 Å². The number of benzene rings is 1. The first kappa shape index (κ1) is 9.17. The molecule has 2 heterocycles. The Hall–Kier alpha value is -1.08. The average Bonchev–Trinajstić information content (AvgIpc) is 2.76. The van der Waals surface area contributed by atoms with Crippen molar-refractivity contribution < 1.29 is 4.74 Å². The smallest absolute Gasteiger partial charge is 0.102 e. The molecule has 3 rings (SSSR count). The van der Waals surface area contributed by atoms with Crippen LogP contribution >= 0.6 is 0 Å². The van der Waals surface area contributed by atoms with Crippen molar-refractivity contribution >= 4 is 0 Å². The summed E-state index contributed by atoms with van der Waals surface area (Å²) in [5, 5.41) is 0. The fourth-order valence-electron chi connectivity index (χ4n) is 2.35. The van der Waals surface area contributed by atoms with Gasteiger partial charge in [0.15, 0.2) is 0 Å². The molecule has 2 aliphatic heterocycles. The van der Waals surface area contributed by atoms with E-state index in [0.29, 0.717) is 0 Å². The largest absolute Gasteiger partial charge is 0.357 e. The van der Waals surface area contributed by atoms with Crippen molar-refractivity contribution in [1.29, 1.82) is 0 Å². The Morgan fingerprint density at radius 3 is 2.33 bits per heavy atom. The van der Waals surface area contributed by atoms with E-state index < -0.39 is 0 Å². The van der Waals surface area contributed by atoms with E-state index in [4.69, 9.17) is 4.74 Å². The highest BCUT2D eigenvalue weighted by Gasteiger charge is 2.34. The summed E-state index contributed by atoms with van der Waals surface area (Å²) in [5.41, 5.74) is 4.34. The van der Waals surface area contributed by atoms with E-state index >= 15 is 0 Å². The Bertz CT molecular complexity index is 437. The van der Waals surface area contributed by atoms with Crippen LogP contribution < -0.4 is 0 Å². The molecule has 0 saturated carbocycles. The molecule has 2 unspecified atom stereocenters. The van der Waals surface area contributed by atoms with Gasteiger partial charge in [0, 0.05) is 0 Å². The number of hydrogen-bond donors (Lipinski definition) is 0. The molecule has 15 heavy (non-hydrogen) atoms. The van der Waals surface area contributed by atoms with Gasteiger partial charge in [0.2, 0.25) is 0 Å². The van der Waals surface area contributed by atoms with Crippen LogP contribution in [0.5, 0.6) is 0 Å². The lowest BCUT2D eigenvalue weighted by Crippen LogP contribution is -2.12. The fourth-order valence-corrected chi connectivity index (χ4v) is 2.35. The van der Waals surface area contributed by atoms with E-state index in [1.165, 1.54) is 16.7 Å². The minimum absolute atomic E-state index is 0.215. The van der Waals surface area contributed by atoms with Crippen LogP contribution in [-0.4, -0.2) is 0 Å². The summed E-state index contributed by atoms with van der Waals surface area (Å²) in [6.45, 7) is 6.75. The molecular weight excluding hydrogens is 184 g/mol. The van der Waals surface area contributed by atoms with Gasteiger partial charge in [-0.1, -0.05) is 51.1 Å². The van der Waals surface area contributed by atoms with Crippen LogP contribution in [0.2, 0.25) is 0 Å². The van der Waals surface area contributed by atoms with Gasteiger partial charge in [-0.25, -0.2) is 0 Å². The summed E-state index contributed by atoms with van der Waals surface area (Å²) in [4.78, 5) is 0. The summed E-state index contributed by atoms with van der Waals surface area (Å²) in [5.74, 6) is 0. The third-order valence-corrected chi connectivity index (χ3v) is 3.32. The van der Waals surface area contributed by atoms with E-state index in [9.17, 15) is 0 Å². The molecule has 78 valence electrons. The molecule has 2 atom stereocenters. The molecule has 0 saturated heterocycles. The summed E-state index contributed by atoms with van der Waals surface area (Å²) >= 11 is 0. The van der Waals surface area contributed by atoms with Crippen LogP contribution in [-0.2, 0) is 10.2 Å². The number of hydrogen-bond acceptors (Lipinski definition) is 1. The van der Waals surface area contributed by atoms with E-state index in [1.54, 1.807) is 0 Å². The van der Waals surface area contributed by atoms with Crippen molar-refractivity contribution in [3.8, 4) is 0 Å². The number of rotatable bonds is 0. The Balaban J connectivity index is 2.10. The average molecular weight is 200 g/mol. The first-order valence-electron chi connectivity index (χ1n) is 5.54. The minimum atomic E-state index is 0.215. The predicted molar refractivity (Wildman–Crippen MR) is 60.8 cm³/mol. The number of fused-ring (bicyclic) bond motifs is 5. The normalized spacial score (nSPS) is 27.1. The lowest BCUT2D eigenvalue weighted by Gasteiger charge is -2.21. The summed E-state index contributed by atoms with van der Waals surface area (Å²) < 4.78 is 5.80. The molecule has 2 bridgehead atoms. The van der Waals surface area contributed by atoms with Crippen molar-refractivity contribution in [2.24, 2.45) is 0 Å². The van der Waals surface area contributed by atoms with Crippen LogP contribution in [0.3, 0.4) is 0 Å². The van der Waals surface area contributed by atoms with Gasteiger partial charge in [-0.2, -0.15) is 0 Å². The topological polar surface area (TPSA) is 9.23 Å². The maximum absolute atomic E-state index is 5.80. The van der Waals surface area contributed by atoms with Crippen molar-refractivity contribution in [1.82, 2.24) is 0 Å². The zero-order chi connectivity index (χ0) is 10.6. The summed E-state index contributed by atoms with van der Waals surface area (Å²) in [6, 6.07) is 6.77. The van der Waals surface area contributed by atoms with Crippen LogP contribution in [0, 0.1) is 0 Å². The van der Waals surface area contributed by atoms with Crippen LogP contribution in [0.1, 0.15) is 49.7 Å². The molecule has 1 aromatic carbocycles. The van der Waals surface area contributed by atoms with Crippen molar-refractivity contribution in [3.63, 3.8) is 0 Å². The van der Waals surface area contributed by atoms with Crippen molar-refractivity contribution in [2.45, 2.75) is 38.4 Å². The highest BCUT2D eigenvalue weighted by atomic mass is 16.5. The highest BCUT2D eigenvalue weighted by Crippen LogP contribution is 2.46. The van der Waals surface area contributed by atoms with E-state index in [0.717, 1.165) is 0 Å². The van der Waals surface area contributed by atoms with Gasteiger partial charge in [0.25, 0.3) is 0 Å². The first-order chi connectivity index (χ1) is 7.05. The predicted octanol–water partition coefficient (Wildman–Crippen LogP) is 3.67. The summed E-state index contributed by atoms with van der Waals surface area (Å²) in [7, 11) is 0. The second-order valence-corrected chi connectivity index (χ2v) is 5.46. The molecule has 2 aliphatic rings. The van der Waals surface area contributed by atoms with Gasteiger partial charge < -0.3 is 4.74 Å². The molecule has 0 amide bonds. The molecule has 0 radical (unpaired) electrons. The molecule has 0 aromatic heterocycles. The lowest BCUT2D eigenvalue weighted by atomic mass is 9.83. The quantitative estimate of drug-likeness (QED) is 0.581. The molecule has 0 spiro atoms. The standard InChI is InChI=1S/C14H16O/c1-14(2,3)9-4-5-10-11(8-9)13-7-6-12(10)15-13/h4-8,12-13H,1-3H3. The third-order valence-electron chi connectivity index (χ3n) is 3.32. The SMILES string of the molecule is CC(C)(C)c1ccc2c(c1)C1C=CC2O1. The maximum Gasteiger partial charge on any atom is 0.102 e. The van der Waals surface area contributed by atoms with Gasteiger partial charge in [-0.05, 0) is 22.1 Å². The highest BCUT2D eigenvalue weighted by molar-refractivity contribution is 5.46. The molecule has 0 aliphatic carbocycles. The molecular formula is C14H16O. The van der Waals surface area contributed by atoms with E-state index in [2.05, 4.69) is 51.1 Å². The first-order valence-corrected chi connectivity index (χ1v) is 5.54. The van der Waals surface area contributed by atoms with E-state index in [1.807, 2.05) is 0 Å².